The molecule has 0 aromatic rings. The molecule has 0 aromatic heterocycles. The minimum Gasteiger partial charge on any atom is -0.197 e. The molecule has 4 aliphatic carbocycles. The van der Waals surface area contributed by atoms with Crippen molar-refractivity contribution < 1.29 is 0 Å². The fourth-order valence-electron chi connectivity index (χ4n) is 5.29. The van der Waals surface area contributed by atoms with Gasteiger partial charge in [0, 0.05) is 0 Å². The average Bonchev–Trinajstić information content (AvgIpc) is 2.27. The Balaban J connectivity index is 1.93. The molecule has 17 heavy (non-hydrogen) atoms. The lowest BCUT2D eigenvalue weighted by atomic mass is 9.46. The van der Waals surface area contributed by atoms with E-state index in [1.165, 1.54) is 38.5 Å². The third kappa shape index (κ3) is 1.65. The van der Waals surface area contributed by atoms with Crippen molar-refractivity contribution in [3.63, 3.8) is 0 Å². The third-order valence-corrected chi connectivity index (χ3v) is 7.09. The van der Waals surface area contributed by atoms with Gasteiger partial charge in [0.2, 0.25) is 0 Å². The molecule has 1 unspecified atom stereocenters. The van der Waals surface area contributed by atoms with Crippen LogP contribution in [0, 0.1) is 34.5 Å². The summed E-state index contributed by atoms with van der Waals surface area (Å²) in [6, 6.07) is 2.70. The maximum atomic E-state index is 9.71. The summed E-state index contributed by atoms with van der Waals surface area (Å²) in [5.74, 6) is 3.93. The van der Waals surface area contributed by atoms with E-state index in [0.29, 0.717) is 5.41 Å². The molecule has 2 heteroatoms. The first kappa shape index (κ1) is 11.9. The second kappa shape index (κ2) is 3.92. The van der Waals surface area contributed by atoms with Crippen LogP contribution in [0.1, 0.15) is 52.4 Å². The predicted octanol–water partition coefficient (Wildman–Crippen LogP) is 4.24. The summed E-state index contributed by atoms with van der Waals surface area (Å²) in [6.45, 7) is 4.43. The topological polar surface area (TPSA) is 23.8 Å². The molecule has 4 aliphatic rings. The zero-order valence-electron chi connectivity index (χ0n) is 11.0. The van der Waals surface area contributed by atoms with Crippen LogP contribution in [0.2, 0.25) is 0 Å². The molecule has 94 valence electrons. The zero-order chi connectivity index (χ0) is 12.1. The third-order valence-electron chi connectivity index (χ3n) is 5.70. The van der Waals surface area contributed by atoms with Gasteiger partial charge in [-0.25, -0.2) is 0 Å². The molecule has 0 heterocycles. The van der Waals surface area contributed by atoms with Gasteiger partial charge in [0.1, 0.15) is 4.75 Å². The number of hydrogen-bond acceptors (Lipinski definition) is 2. The molecule has 4 fully saturated rings. The Bertz CT molecular complexity index is 321. The molecule has 0 radical (unpaired) electrons. The summed E-state index contributed by atoms with van der Waals surface area (Å²) in [6.07, 6.45) is 8.44. The van der Waals surface area contributed by atoms with Crippen LogP contribution in [0.15, 0.2) is 0 Å². The first-order valence-electron chi connectivity index (χ1n) is 7.16. The van der Waals surface area contributed by atoms with Crippen LogP contribution in [-0.2, 0) is 0 Å². The predicted molar refractivity (Wildman–Crippen MR) is 72.8 cm³/mol. The molecule has 4 bridgehead atoms. The number of rotatable bonds is 3. The smallest absolute Gasteiger partial charge is 0.105 e. The summed E-state index contributed by atoms with van der Waals surface area (Å²) in [5, 5.41) is 9.71. The molecule has 0 saturated heterocycles. The summed E-state index contributed by atoms with van der Waals surface area (Å²) in [4.78, 5) is 0. The van der Waals surface area contributed by atoms with E-state index in [-0.39, 0.29) is 4.75 Å². The summed E-state index contributed by atoms with van der Waals surface area (Å²) in [5.41, 5.74) is 0.358. The number of nitriles is 1. The average molecular weight is 249 g/mol. The van der Waals surface area contributed by atoms with Crippen molar-refractivity contribution in [3.8, 4) is 6.07 Å². The van der Waals surface area contributed by atoms with Crippen LogP contribution in [0.3, 0.4) is 0 Å². The largest absolute Gasteiger partial charge is 0.197 e. The summed E-state index contributed by atoms with van der Waals surface area (Å²) >= 11 is 1.91. The van der Waals surface area contributed by atoms with Crippen molar-refractivity contribution in [3.05, 3.63) is 0 Å². The van der Waals surface area contributed by atoms with Gasteiger partial charge in [0.25, 0.3) is 0 Å². The van der Waals surface area contributed by atoms with Crippen molar-refractivity contribution in [2.75, 3.05) is 5.75 Å². The summed E-state index contributed by atoms with van der Waals surface area (Å²) in [7, 11) is 0. The van der Waals surface area contributed by atoms with Gasteiger partial charge in [-0.2, -0.15) is 5.26 Å². The fraction of sp³-hybridized carbons (Fsp3) is 0.933. The van der Waals surface area contributed by atoms with Crippen molar-refractivity contribution in [1.82, 2.24) is 0 Å². The lowest BCUT2D eigenvalue weighted by molar-refractivity contribution is -0.0624. The SMILES string of the molecule is CCSC(C)(C#N)C12CC3CC(CC(C3)C1)C2. The van der Waals surface area contributed by atoms with Crippen LogP contribution in [0.5, 0.6) is 0 Å². The molecular formula is C15H23NS. The van der Waals surface area contributed by atoms with Crippen molar-refractivity contribution in [2.45, 2.75) is 57.1 Å². The number of hydrogen-bond donors (Lipinski definition) is 0. The van der Waals surface area contributed by atoms with Gasteiger partial charge in [-0.15, -0.1) is 11.8 Å². The van der Waals surface area contributed by atoms with Crippen LogP contribution in [0.25, 0.3) is 0 Å². The van der Waals surface area contributed by atoms with E-state index >= 15 is 0 Å². The van der Waals surface area contributed by atoms with E-state index in [9.17, 15) is 5.26 Å². The Morgan fingerprint density at radius 1 is 1.18 bits per heavy atom. The van der Waals surface area contributed by atoms with Gasteiger partial charge in [0.05, 0.1) is 6.07 Å². The van der Waals surface area contributed by atoms with Crippen molar-refractivity contribution >= 4 is 11.8 Å². The van der Waals surface area contributed by atoms with Crippen LogP contribution in [-0.4, -0.2) is 10.5 Å². The lowest BCUT2D eigenvalue weighted by Crippen LogP contribution is -2.55. The molecular weight excluding hydrogens is 226 g/mol. The second-order valence-corrected chi connectivity index (χ2v) is 8.46. The van der Waals surface area contributed by atoms with Crippen LogP contribution < -0.4 is 0 Å². The Morgan fingerprint density at radius 2 is 1.65 bits per heavy atom. The Morgan fingerprint density at radius 3 is 2.00 bits per heavy atom. The maximum Gasteiger partial charge on any atom is 0.105 e. The van der Waals surface area contributed by atoms with E-state index < -0.39 is 0 Å². The van der Waals surface area contributed by atoms with E-state index in [2.05, 4.69) is 19.9 Å². The number of nitrogens with zero attached hydrogens (tertiary/aromatic N) is 1. The second-order valence-electron chi connectivity index (χ2n) is 6.78. The van der Waals surface area contributed by atoms with Gasteiger partial charge >= 0.3 is 0 Å². The molecule has 0 N–H and O–H groups in total. The van der Waals surface area contributed by atoms with E-state index in [4.69, 9.17) is 0 Å². The Labute approximate surface area is 109 Å². The molecule has 0 amide bonds. The van der Waals surface area contributed by atoms with Gasteiger partial charge < -0.3 is 0 Å². The molecule has 4 rings (SSSR count). The monoisotopic (exact) mass is 249 g/mol. The van der Waals surface area contributed by atoms with E-state index in [1.807, 2.05) is 11.8 Å². The van der Waals surface area contributed by atoms with Gasteiger partial charge in [0.15, 0.2) is 0 Å². The molecule has 4 saturated carbocycles. The molecule has 0 aromatic carbocycles. The molecule has 1 nitrogen and oxygen atoms in total. The Hall–Kier alpha value is -0.160. The van der Waals surface area contributed by atoms with Crippen molar-refractivity contribution in [2.24, 2.45) is 23.2 Å². The first-order valence-corrected chi connectivity index (χ1v) is 8.14. The van der Waals surface area contributed by atoms with Crippen molar-refractivity contribution in [1.29, 1.82) is 5.26 Å². The lowest BCUT2D eigenvalue weighted by Gasteiger charge is -2.61. The minimum atomic E-state index is -0.127. The van der Waals surface area contributed by atoms with E-state index in [1.54, 1.807) is 0 Å². The quantitative estimate of drug-likeness (QED) is 0.747. The maximum absolute atomic E-state index is 9.71. The van der Waals surface area contributed by atoms with Gasteiger partial charge in [-0.05, 0) is 74.4 Å². The highest BCUT2D eigenvalue weighted by molar-refractivity contribution is 8.00. The zero-order valence-corrected chi connectivity index (χ0v) is 11.9. The summed E-state index contributed by atoms with van der Waals surface area (Å²) < 4.78 is -0.127. The molecule has 0 aliphatic heterocycles. The standard InChI is InChI=1S/C15H23NS/c1-3-17-14(2,10-16)15-7-11-4-12(8-15)6-13(5-11)9-15/h11-13H,3-9H2,1-2H3. The van der Waals surface area contributed by atoms with Crippen LogP contribution in [0.4, 0.5) is 0 Å². The van der Waals surface area contributed by atoms with Crippen LogP contribution >= 0.6 is 11.8 Å². The van der Waals surface area contributed by atoms with Gasteiger partial charge in [-0.3, -0.25) is 0 Å². The van der Waals surface area contributed by atoms with Gasteiger partial charge in [-0.1, -0.05) is 6.92 Å². The highest BCUT2D eigenvalue weighted by Gasteiger charge is 2.59. The highest BCUT2D eigenvalue weighted by atomic mass is 32.2. The molecule has 1 atom stereocenters. The normalized spacial score (nSPS) is 46.5. The molecule has 0 spiro atoms. The minimum absolute atomic E-state index is 0.127. The number of thioether (sulfide) groups is 1. The Kier molecular flexibility index (Phi) is 2.74. The van der Waals surface area contributed by atoms with E-state index in [0.717, 1.165) is 23.5 Å². The fourth-order valence-corrected chi connectivity index (χ4v) is 6.49. The highest BCUT2D eigenvalue weighted by Crippen LogP contribution is 2.66. The first-order chi connectivity index (χ1) is 8.11.